The van der Waals surface area contributed by atoms with Gasteiger partial charge in [-0.3, -0.25) is 20.2 Å². The molecule has 0 spiro atoms. The van der Waals surface area contributed by atoms with E-state index in [1.54, 1.807) is 18.2 Å². The summed E-state index contributed by atoms with van der Waals surface area (Å²) in [6.07, 6.45) is -0.815. The highest BCUT2D eigenvalue weighted by Gasteiger charge is 2.37. The standard InChI is InChI=1S/C18H11F3N6O2/c19-18(20,21)14-11-3-1-2-4-13(11)23-9-12(14)16(28)25-26-17-24-15(27-29-17)10-5-7-22-8-6-10/h1-9H,(H,25,28)(H,24,26,27). The second kappa shape index (κ2) is 7.19. The van der Waals surface area contributed by atoms with Crippen molar-refractivity contribution in [2.45, 2.75) is 6.18 Å². The zero-order valence-corrected chi connectivity index (χ0v) is 14.4. The molecule has 11 heteroatoms. The SMILES string of the molecule is O=C(NNc1nc(-c2ccncc2)no1)c1cnc2ccccc2c1C(F)(F)F. The number of hydrogen-bond acceptors (Lipinski definition) is 7. The molecule has 0 atom stereocenters. The lowest BCUT2D eigenvalue weighted by atomic mass is 10.0. The molecule has 0 saturated carbocycles. The Labute approximate surface area is 160 Å². The quantitative estimate of drug-likeness (QED) is 0.506. The van der Waals surface area contributed by atoms with Gasteiger partial charge in [0.15, 0.2) is 0 Å². The van der Waals surface area contributed by atoms with Gasteiger partial charge in [-0.05, 0) is 18.2 Å². The lowest BCUT2D eigenvalue weighted by Crippen LogP contribution is -2.31. The van der Waals surface area contributed by atoms with Crippen LogP contribution in [0.25, 0.3) is 22.3 Å². The van der Waals surface area contributed by atoms with Crippen LogP contribution in [0, 0.1) is 0 Å². The summed E-state index contributed by atoms with van der Waals surface area (Å²) in [5.74, 6) is -0.841. The summed E-state index contributed by atoms with van der Waals surface area (Å²) >= 11 is 0. The highest BCUT2D eigenvalue weighted by Crippen LogP contribution is 2.36. The van der Waals surface area contributed by atoms with Gasteiger partial charge < -0.3 is 4.52 Å². The number of alkyl halides is 3. The molecule has 0 fully saturated rings. The third kappa shape index (κ3) is 3.70. The molecular formula is C18H11F3N6O2. The minimum Gasteiger partial charge on any atom is -0.313 e. The van der Waals surface area contributed by atoms with Crippen LogP contribution in [0.4, 0.5) is 19.2 Å². The normalized spacial score (nSPS) is 11.4. The summed E-state index contributed by atoms with van der Waals surface area (Å²) in [7, 11) is 0. The second-order valence-electron chi connectivity index (χ2n) is 5.80. The Hall–Kier alpha value is -4.02. The van der Waals surface area contributed by atoms with Crippen molar-refractivity contribution in [1.29, 1.82) is 0 Å². The molecule has 3 aromatic heterocycles. The third-order valence-corrected chi connectivity index (χ3v) is 3.95. The van der Waals surface area contributed by atoms with Crippen LogP contribution in [0.2, 0.25) is 0 Å². The Morgan fingerprint density at radius 2 is 1.83 bits per heavy atom. The predicted molar refractivity (Wildman–Crippen MR) is 95.4 cm³/mol. The van der Waals surface area contributed by atoms with Gasteiger partial charge in [-0.1, -0.05) is 23.4 Å². The van der Waals surface area contributed by atoms with Crippen molar-refractivity contribution in [2.75, 3.05) is 5.43 Å². The first-order chi connectivity index (χ1) is 13.9. The average Bonchev–Trinajstić information content (AvgIpc) is 3.20. The number of nitrogens with one attached hydrogen (secondary N) is 2. The van der Waals surface area contributed by atoms with Crippen molar-refractivity contribution >= 4 is 22.8 Å². The number of halogens is 3. The van der Waals surface area contributed by atoms with Gasteiger partial charge in [0.05, 0.1) is 16.6 Å². The fourth-order valence-corrected chi connectivity index (χ4v) is 2.69. The lowest BCUT2D eigenvalue weighted by molar-refractivity contribution is -0.136. The van der Waals surface area contributed by atoms with Crippen molar-refractivity contribution in [3.8, 4) is 11.4 Å². The van der Waals surface area contributed by atoms with Crippen molar-refractivity contribution in [3.63, 3.8) is 0 Å². The largest absolute Gasteiger partial charge is 0.417 e. The van der Waals surface area contributed by atoms with Gasteiger partial charge in [-0.25, -0.2) is 5.43 Å². The van der Waals surface area contributed by atoms with Crippen molar-refractivity contribution in [1.82, 2.24) is 25.5 Å². The first kappa shape index (κ1) is 18.3. The summed E-state index contributed by atoms with van der Waals surface area (Å²) in [5, 5.41) is 3.54. The van der Waals surface area contributed by atoms with Gasteiger partial charge in [-0.15, -0.1) is 0 Å². The summed E-state index contributed by atoms with van der Waals surface area (Å²) in [6, 6.07) is 8.78. The minimum atomic E-state index is -4.76. The molecule has 4 aromatic rings. The summed E-state index contributed by atoms with van der Waals surface area (Å²) in [4.78, 5) is 24.2. The number of hydrazine groups is 1. The molecule has 146 valence electrons. The molecule has 0 unspecified atom stereocenters. The highest BCUT2D eigenvalue weighted by atomic mass is 19.4. The number of pyridine rings is 2. The van der Waals surface area contributed by atoms with E-state index in [2.05, 4.69) is 31.0 Å². The van der Waals surface area contributed by atoms with Crippen LogP contribution in [0.1, 0.15) is 15.9 Å². The summed E-state index contributed by atoms with van der Waals surface area (Å²) in [6.45, 7) is 0. The van der Waals surface area contributed by atoms with Crippen molar-refractivity contribution < 1.29 is 22.5 Å². The number of benzene rings is 1. The van der Waals surface area contributed by atoms with E-state index in [1.165, 1.54) is 30.6 Å². The van der Waals surface area contributed by atoms with Crippen LogP contribution in [0.5, 0.6) is 0 Å². The third-order valence-electron chi connectivity index (χ3n) is 3.95. The number of amides is 1. The average molecular weight is 400 g/mol. The van der Waals surface area contributed by atoms with E-state index in [-0.39, 0.29) is 22.7 Å². The van der Waals surface area contributed by atoms with Crippen LogP contribution < -0.4 is 10.9 Å². The molecule has 1 amide bonds. The molecular weight excluding hydrogens is 389 g/mol. The first-order valence-corrected chi connectivity index (χ1v) is 8.19. The van der Waals surface area contributed by atoms with Crippen LogP contribution in [-0.2, 0) is 6.18 Å². The molecule has 0 radical (unpaired) electrons. The minimum absolute atomic E-state index is 0.128. The van der Waals surface area contributed by atoms with Crippen LogP contribution in [-0.4, -0.2) is 26.0 Å². The number of fused-ring (bicyclic) bond motifs is 1. The number of anilines is 1. The second-order valence-corrected chi connectivity index (χ2v) is 5.80. The zero-order chi connectivity index (χ0) is 20.4. The van der Waals surface area contributed by atoms with Gasteiger partial charge in [-0.2, -0.15) is 18.2 Å². The molecule has 0 bridgehead atoms. The molecule has 2 N–H and O–H groups in total. The molecule has 8 nitrogen and oxygen atoms in total. The highest BCUT2D eigenvalue weighted by molar-refractivity contribution is 6.00. The molecule has 4 rings (SSSR count). The molecule has 29 heavy (non-hydrogen) atoms. The maximum Gasteiger partial charge on any atom is 0.417 e. The number of aromatic nitrogens is 4. The molecule has 0 saturated heterocycles. The van der Waals surface area contributed by atoms with E-state index in [9.17, 15) is 18.0 Å². The van der Waals surface area contributed by atoms with Gasteiger partial charge in [0, 0.05) is 29.5 Å². The van der Waals surface area contributed by atoms with E-state index >= 15 is 0 Å². The van der Waals surface area contributed by atoms with E-state index in [0.717, 1.165) is 6.20 Å². The van der Waals surface area contributed by atoms with Crippen LogP contribution >= 0.6 is 0 Å². The Bertz CT molecular complexity index is 1180. The Kier molecular flexibility index (Phi) is 4.55. The van der Waals surface area contributed by atoms with Gasteiger partial charge in [0.25, 0.3) is 5.91 Å². The topological polar surface area (TPSA) is 106 Å². The Balaban J connectivity index is 1.58. The number of rotatable bonds is 4. The van der Waals surface area contributed by atoms with E-state index in [1.807, 2.05) is 0 Å². The van der Waals surface area contributed by atoms with E-state index < -0.39 is 23.2 Å². The van der Waals surface area contributed by atoms with Crippen LogP contribution in [0.3, 0.4) is 0 Å². The Morgan fingerprint density at radius 3 is 2.59 bits per heavy atom. The fourth-order valence-electron chi connectivity index (χ4n) is 2.69. The van der Waals surface area contributed by atoms with Crippen LogP contribution in [0.15, 0.2) is 59.5 Å². The molecule has 0 aliphatic heterocycles. The number of hydrogen-bond donors (Lipinski definition) is 2. The number of nitrogens with zero attached hydrogens (tertiary/aromatic N) is 4. The number of para-hydroxylation sites is 1. The maximum atomic E-state index is 13.6. The molecule has 3 heterocycles. The van der Waals surface area contributed by atoms with Gasteiger partial charge >= 0.3 is 12.2 Å². The monoisotopic (exact) mass is 400 g/mol. The maximum absolute atomic E-state index is 13.6. The van der Waals surface area contributed by atoms with Gasteiger partial charge in [0.1, 0.15) is 0 Å². The molecule has 0 aliphatic carbocycles. The summed E-state index contributed by atoms with van der Waals surface area (Å²) < 4.78 is 45.8. The van der Waals surface area contributed by atoms with Crippen molar-refractivity contribution in [2.24, 2.45) is 0 Å². The van der Waals surface area contributed by atoms with Gasteiger partial charge in [0.2, 0.25) is 5.82 Å². The lowest BCUT2D eigenvalue weighted by Gasteiger charge is -2.15. The van der Waals surface area contributed by atoms with E-state index in [4.69, 9.17) is 4.52 Å². The summed E-state index contributed by atoms with van der Waals surface area (Å²) in [5.41, 5.74) is 3.45. The smallest absolute Gasteiger partial charge is 0.313 e. The fraction of sp³-hybridized carbons (Fsp3) is 0.0556. The van der Waals surface area contributed by atoms with E-state index in [0.29, 0.717) is 5.56 Å². The number of carbonyl (C=O) groups is 1. The van der Waals surface area contributed by atoms with Crippen molar-refractivity contribution in [3.05, 3.63) is 66.1 Å². The molecule has 0 aliphatic rings. The first-order valence-electron chi connectivity index (χ1n) is 8.19. The molecule has 1 aromatic carbocycles. The predicted octanol–water partition coefficient (Wildman–Crippen LogP) is 3.46. The zero-order valence-electron chi connectivity index (χ0n) is 14.4. The number of carbonyl (C=O) groups excluding carboxylic acids is 1. The Morgan fingerprint density at radius 1 is 1.07 bits per heavy atom.